The first-order chi connectivity index (χ1) is 6.24. The molecule has 0 heterocycles. The molecule has 0 aliphatic heterocycles. The molecule has 2 heteroatoms. The first kappa shape index (κ1) is 12.9. The Bertz CT molecular complexity index is 107. The Morgan fingerprint density at radius 2 is 1.46 bits per heavy atom. The van der Waals surface area contributed by atoms with Crippen molar-refractivity contribution in [1.82, 2.24) is 0 Å². The van der Waals surface area contributed by atoms with Gasteiger partial charge in [-0.05, 0) is 26.7 Å². The predicted molar refractivity (Wildman–Crippen MR) is 55.8 cm³/mol. The monoisotopic (exact) mass is 188 g/mol. The van der Waals surface area contributed by atoms with Gasteiger partial charge >= 0.3 is 0 Å². The standard InChI is InChI=1S/C11H24O2/c1-5-9-10-11(6-2,12-7-3)13-8-4/h5-10H2,1-4H3. The Morgan fingerprint density at radius 1 is 0.923 bits per heavy atom. The van der Waals surface area contributed by atoms with Gasteiger partial charge in [-0.3, -0.25) is 0 Å². The lowest BCUT2D eigenvalue weighted by atomic mass is 10.1. The van der Waals surface area contributed by atoms with Gasteiger partial charge < -0.3 is 9.47 Å². The molecule has 80 valence electrons. The van der Waals surface area contributed by atoms with Gasteiger partial charge in [0.2, 0.25) is 0 Å². The molecule has 13 heavy (non-hydrogen) atoms. The highest BCUT2D eigenvalue weighted by atomic mass is 16.7. The molecule has 0 aliphatic carbocycles. The van der Waals surface area contributed by atoms with Gasteiger partial charge in [-0.15, -0.1) is 0 Å². The Hall–Kier alpha value is -0.0800. The Labute approximate surface area is 82.6 Å². The topological polar surface area (TPSA) is 18.5 Å². The molecule has 0 unspecified atom stereocenters. The third-order valence-electron chi connectivity index (χ3n) is 2.26. The minimum atomic E-state index is -0.306. The molecule has 2 nitrogen and oxygen atoms in total. The van der Waals surface area contributed by atoms with Gasteiger partial charge in [0.05, 0.1) is 0 Å². The zero-order valence-corrected chi connectivity index (χ0v) is 9.56. The molecule has 0 amide bonds. The summed E-state index contributed by atoms with van der Waals surface area (Å²) in [6, 6.07) is 0. The van der Waals surface area contributed by atoms with Gasteiger partial charge in [0, 0.05) is 19.6 Å². The molecule has 0 radical (unpaired) electrons. The summed E-state index contributed by atoms with van der Waals surface area (Å²) in [6.45, 7) is 9.83. The van der Waals surface area contributed by atoms with Gasteiger partial charge in [0.25, 0.3) is 0 Å². The molecule has 0 aromatic heterocycles. The lowest BCUT2D eigenvalue weighted by molar-refractivity contribution is -0.238. The van der Waals surface area contributed by atoms with Crippen LogP contribution in [0, 0.1) is 0 Å². The van der Waals surface area contributed by atoms with E-state index in [-0.39, 0.29) is 5.79 Å². The van der Waals surface area contributed by atoms with E-state index in [0.29, 0.717) is 0 Å². The van der Waals surface area contributed by atoms with E-state index in [1.807, 2.05) is 13.8 Å². The minimum absolute atomic E-state index is 0.306. The van der Waals surface area contributed by atoms with Crippen molar-refractivity contribution in [1.29, 1.82) is 0 Å². The first-order valence-corrected chi connectivity index (χ1v) is 5.52. The van der Waals surface area contributed by atoms with Crippen LogP contribution in [0.15, 0.2) is 0 Å². The smallest absolute Gasteiger partial charge is 0.167 e. The molecule has 0 aromatic carbocycles. The summed E-state index contributed by atoms with van der Waals surface area (Å²) in [5, 5.41) is 0. The van der Waals surface area contributed by atoms with Crippen LogP contribution in [-0.2, 0) is 9.47 Å². The number of unbranched alkanes of at least 4 members (excludes halogenated alkanes) is 1. The van der Waals surface area contributed by atoms with E-state index in [4.69, 9.17) is 9.47 Å². The van der Waals surface area contributed by atoms with E-state index in [9.17, 15) is 0 Å². The highest BCUT2D eigenvalue weighted by molar-refractivity contribution is 4.67. The fourth-order valence-corrected chi connectivity index (χ4v) is 1.54. The molecule has 0 N–H and O–H groups in total. The van der Waals surface area contributed by atoms with Crippen LogP contribution >= 0.6 is 0 Å². The molecule has 0 bridgehead atoms. The van der Waals surface area contributed by atoms with Crippen LogP contribution in [0.1, 0.15) is 53.4 Å². The average molecular weight is 188 g/mol. The molecule has 0 spiro atoms. The van der Waals surface area contributed by atoms with Crippen molar-refractivity contribution in [3.05, 3.63) is 0 Å². The fourth-order valence-electron chi connectivity index (χ4n) is 1.54. The second-order valence-electron chi connectivity index (χ2n) is 3.23. The molecule has 0 aromatic rings. The fraction of sp³-hybridized carbons (Fsp3) is 1.00. The first-order valence-electron chi connectivity index (χ1n) is 5.52. The maximum absolute atomic E-state index is 5.70. The molecule has 0 fully saturated rings. The van der Waals surface area contributed by atoms with Crippen molar-refractivity contribution >= 4 is 0 Å². The quantitative estimate of drug-likeness (QED) is 0.544. The third-order valence-corrected chi connectivity index (χ3v) is 2.26. The average Bonchev–Trinajstić information content (AvgIpc) is 2.15. The number of rotatable bonds is 8. The van der Waals surface area contributed by atoms with Crippen molar-refractivity contribution in [2.75, 3.05) is 13.2 Å². The maximum Gasteiger partial charge on any atom is 0.167 e. The predicted octanol–water partition coefficient (Wildman–Crippen LogP) is 3.36. The Balaban J connectivity index is 4.07. The van der Waals surface area contributed by atoms with Crippen molar-refractivity contribution in [2.24, 2.45) is 0 Å². The number of ether oxygens (including phenoxy) is 2. The maximum atomic E-state index is 5.70. The molecule has 0 aliphatic rings. The largest absolute Gasteiger partial charge is 0.350 e. The lowest BCUT2D eigenvalue weighted by Crippen LogP contribution is -2.35. The van der Waals surface area contributed by atoms with Crippen LogP contribution in [0.25, 0.3) is 0 Å². The van der Waals surface area contributed by atoms with Gasteiger partial charge in [-0.25, -0.2) is 0 Å². The summed E-state index contributed by atoms with van der Waals surface area (Å²) >= 11 is 0. The second-order valence-corrected chi connectivity index (χ2v) is 3.23. The SMILES string of the molecule is CCCCC(CC)(OCC)OCC. The van der Waals surface area contributed by atoms with Crippen LogP contribution in [0.3, 0.4) is 0 Å². The Morgan fingerprint density at radius 3 is 1.77 bits per heavy atom. The van der Waals surface area contributed by atoms with E-state index in [1.54, 1.807) is 0 Å². The normalized spacial score (nSPS) is 12.0. The zero-order chi connectivity index (χ0) is 10.2. The molecule has 0 saturated heterocycles. The number of hydrogen-bond donors (Lipinski definition) is 0. The van der Waals surface area contributed by atoms with Gasteiger partial charge in [0.15, 0.2) is 5.79 Å². The molecule has 0 saturated carbocycles. The second kappa shape index (κ2) is 7.34. The molecule has 0 atom stereocenters. The molecular formula is C11H24O2. The van der Waals surface area contributed by atoms with Crippen LogP contribution in [0.5, 0.6) is 0 Å². The number of hydrogen-bond acceptors (Lipinski definition) is 2. The summed E-state index contributed by atoms with van der Waals surface area (Å²) in [6.07, 6.45) is 4.33. The van der Waals surface area contributed by atoms with Crippen LogP contribution < -0.4 is 0 Å². The lowest BCUT2D eigenvalue weighted by Gasteiger charge is -2.32. The van der Waals surface area contributed by atoms with Crippen molar-refractivity contribution in [3.8, 4) is 0 Å². The molecular weight excluding hydrogens is 164 g/mol. The van der Waals surface area contributed by atoms with E-state index in [0.717, 1.165) is 26.1 Å². The molecule has 0 rings (SSSR count). The van der Waals surface area contributed by atoms with Crippen LogP contribution in [0.4, 0.5) is 0 Å². The summed E-state index contributed by atoms with van der Waals surface area (Å²) in [4.78, 5) is 0. The minimum Gasteiger partial charge on any atom is -0.350 e. The van der Waals surface area contributed by atoms with Crippen molar-refractivity contribution in [3.63, 3.8) is 0 Å². The summed E-state index contributed by atoms with van der Waals surface area (Å²) in [7, 11) is 0. The third kappa shape index (κ3) is 4.63. The van der Waals surface area contributed by atoms with Gasteiger partial charge in [-0.1, -0.05) is 20.3 Å². The van der Waals surface area contributed by atoms with E-state index in [1.165, 1.54) is 12.8 Å². The van der Waals surface area contributed by atoms with E-state index < -0.39 is 0 Å². The summed E-state index contributed by atoms with van der Waals surface area (Å²) < 4.78 is 11.4. The van der Waals surface area contributed by atoms with Crippen molar-refractivity contribution in [2.45, 2.75) is 59.2 Å². The highest BCUT2D eigenvalue weighted by Crippen LogP contribution is 2.24. The zero-order valence-electron chi connectivity index (χ0n) is 9.56. The van der Waals surface area contributed by atoms with E-state index in [2.05, 4.69) is 13.8 Å². The van der Waals surface area contributed by atoms with Crippen LogP contribution in [-0.4, -0.2) is 19.0 Å². The summed E-state index contributed by atoms with van der Waals surface area (Å²) in [5.41, 5.74) is 0. The van der Waals surface area contributed by atoms with Crippen molar-refractivity contribution < 1.29 is 9.47 Å². The van der Waals surface area contributed by atoms with Crippen LogP contribution in [0.2, 0.25) is 0 Å². The van der Waals surface area contributed by atoms with E-state index >= 15 is 0 Å². The summed E-state index contributed by atoms with van der Waals surface area (Å²) in [5.74, 6) is -0.306. The van der Waals surface area contributed by atoms with Gasteiger partial charge in [0.1, 0.15) is 0 Å². The highest BCUT2D eigenvalue weighted by Gasteiger charge is 2.27. The Kier molecular flexibility index (Phi) is 7.29. The van der Waals surface area contributed by atoms with Gasteiger partial charge in [-0.2, -0.15) is 0 Å².